The Labute approximate surface area is 77.6 Å². The number of nitrogen functional groups attached to an aromatic ring is 1. The fraction of sp³-hybridized carbons (Fsp3) is 0.333. The maximum Gasteiger partial charge on any atom is 0.146 e. The van der Waals surface area contributed by atoms with Crippen LogP contribution in [0.3, 0.4) is 0 Å². The normalized spacial score (nSPS) is 8.69. The van der Waals surface area contributed by atoms with Gasteiger partial charge in [0.1, 0.15) is 11.6 Å². The molecule has 1 aromatic heterocycles. The second kappa shape index (κ2) is 4.99. The van der Waals surface area contributed by atoms with E-state index in [1.54, 1.807) is 6.20 Å². The van der Waals surface area contributed by atoms with Gasteiger partial charge in [0.25, 0.3) is 0 Å². The van der Waals surface area contributed by atoms with E-state index in [0.29, 0.717) is 11.6 Å². The lowest BCUT2D eigenvalue weighted by atomic mass is 10.4. The van der Waals surface area contributed by atoms with Crippen molar-refractivity contribution in [3.05, 3.63) is 12.4 Å². The Morgan fingerprint density at radius 2 is 2.38 bits per heavy atom. The molecule has 4 heteroatoms. The van der Waals surface area contributed by atoms with E-state index in [2.05, 4.69) is 27.1 Å². The van der Waals surface area contributed by atoms with Crippen LogP contribution in [0.4, 0.5) is 11.6 Å². The first-order valence-electron chi connectivity index (χ1n) is 4.04. The summed E-state index contributed by atoms with van der Waals surface area (Å²) < 4.78 is 0. The zero-order valence-corrected chi connectivity index (χ0v) is 7.54. The molecule has 0 radical (unpaired) electrons. The van der Waals surface area contributed by atoms with Crippen LogP contribution in [-0.4, -0.2) is 16.5 Å². The first kappa shape index (κ1) is 9.33. The molecule has 0 fully saturated rings. The number of hydrogen-bond acceptors (Lipinski definition) is 4. The van der Waals surface area contributed by atoms with Crippen molar-refractivity contribution < 1.29 is 0 Å². The molecule has 0 bridgehead atoms. The van der Waals surface area contributed by atoms with E-state index in [-0.39, 0.29) is 0 Å². The molecule has 0 saturated heterocycles. The van der Waals surface area contributed by atoms with Gasteiger partial charge in [-0.15, -0.1) is 11.8 Å². The largest absolute Gasteiger partial charge is 0.382 e. The van der Waals surface area contributed by atoms with Crippen LogP contribution in [0.5, 0.6) is 0 Å². The minimum absolute atomic E-state index is 0.423. The highest BCUT2D eigenvalue weighted by molar-refractivity contribution is 5.38. The minimum atomic E-state index is 0.423. The topological polar surface area (TPSA) is 63.8 Å². The van der Waals surface area contributed by atoms with Gasteiger partial charge in [-0.3, -0.25) is 4.98 Å². The molecule has 0 aliphatic rings. The highest BCUT2D eigenvalue weighted by Crippen LogP contribution is 2.01. The van der Waals surface area contributed by atoms with Gasteiger partial charge in [-0.25, -0.2) is 4.98 Å². The molecule has 0 aliphatic carbocycles. The zero-order valence-electron chi connectivity index (χ0n) is 7.54. The molecule has 1 heterocycles. The number of nitrogens with one attached hydrogen (secondary N) is 1. The molecular formula is C9H12N4. The fourth-order valence-corrected chi connectivity index (χ4v) is 0.844. The molecule has 0 unspecified atom stereocenters. The summed E-state index contributed by atoms with van der Waals surface area (Å²) in [4.78, 5) is 7.92. The molecule has 3 N–H and O–H groups in total. The van der Waals surface area contributed by atoms with Gasteiger partial charge >= 0.3 is 0 Å². The molecule has 4 nitrogen and oxygen atoms in total. The van der Waals surface area contributed by atoms with Gasteiger partial charge in [0.15, 0.2) is 0 Å². The Morgan fingerprint density at radius 1 is 1.54 bits per heavy atom. The van der Waals surface area contributed by atoms with Crippen LogP contribution in [0.1, 0.15) is 13.3 Å². The smallest absolute Gasteiger partial charge is 0.146 e. The van der Waals surface area contributed by atoms with Gasteiger partial charge in [-0.2, -0.15) is 0 Å². The SMILES string of the molecule is CC#CCCNc1cncc(N)n1. The van der Waals surface area contributed by atoms with Crippen LogP contribution in [0, 0.1) is 11.8 Å². The van der Waals surface area contributed by atoms with Crippen molar-refractivity contribution >= 4 is 11.6 Å². The van der Waals surface area contributed by atoms with Crippen molar-refractivity contribution in [3.63, 3.8) is 0 Å². The average molecular weight is 176 g/mol. The van der Waals surface area contributed by atoms with Crippen molar-refractivity contribution in [3.8, 4) is 11.8 Å². The number of nitrogens with zero attached hydrogens (tertiary/aromatic N) is 2. The van der Waals surface area contributed by atoms with E-state index in [1.807, 2.05) is 6.92 Å². The van der Waals surface area contributed by atoms with Crippen molar-refractivity contribution in [1.29, 1.82) is 0 Å². The molecule has 68 valence electrons. The van der Waals surface area contributed by atoms with E-state index in [4.69, 9.17) is 5.73 Å². The minimum Gasteiger partial charge on any atom is -0.382 e. The lowest BCUT2D eigenvalue weighted by Crippen LogP contribution is -2.04. The van der Waals surface area contributed by atoms with Gasteiger partial charge < -0.3 is 11.1 Å². The quantitative estimate of drug-likeness (QED) is 0.530. The third kappa shape index (κ3) is 3.43. The van der Waals surface area contributed by atoms with Crippen LogP contribution in [0.15, 0.2) is 12.4 Å². The van der Waals surface area contributed by atoms with Crippen molar-refractivity contribution in [1.82, 2.24) is 9.97 Å². The summed E-state index contributed by atoms with van der Waals surface area (Å²) in [6, 6.07) is 0. The maximum atomic E-state index is 5.45. The third-order valence-electron chi connectivity index (χ3n) is 1.39. The van der Waals surface area contributed by atoms with Crippen LogP contribution in [-0.2, 0) is 0 Å². The lowest BCUT2D eigenvalue weighted by molar-refractivity contribution is 1.06. The van der Waals surface area contributed by atoms with Crippen LogP contribution < -0.4 is 11.1 Å². The molecule has 1 rings (SSSR count). The summed E-state index contributed by atoms with van der Waals surface area (Å²) in [5.41, 5.74) is 5.45. The molecular weight excluding hydrogens is 164 g/mol. The summed E-state index contributed by atoms with van der Waals surface area (Å²) in [7, 11) is 0. The van der Waals surface area contributed by atoms with Crippen LogP contribution in [0.25, 0.3) is 0 Å². The maximum absolute atomic E-state index is 5.45. The lowest BCUT2D eigenvalue weighted by Gasteiger charge is -2.01. The highest BCUT2D eigenvalue weighted by Gasteiger charge is 1.92. The molecule has 0 aliphatic heterocycles. The molecule has 13 heavy (non-hydrogen) atoms. The summed E-state index contributed by atoms with van der Waals surface area (Å²) >= 11 is 0. The van der Waals surface area contributed by atoms with Crippen molar-refractivity contribution in [2.45, 2.75) is 13.3 Å². The van der Waals surface area contributed by atoms with Crippen LogP contribution in [0.2, 0.25) is 0 Å². The third-order valence-corrected chi connectivity index (χ3v) is 1.39. The van der Waals surface area contributed by atoms with Gasteiger partial charge in [-0.05, 0) is 6.92 Å². The first-order valence-corrected chi connectivity index (χ1v) is 4.04. The molecule has 0 spiro atoms. The van der Waals surface area contributed by atoms with Gasteiger partial charge in [0, 0.05) is 13.0 Å². The number of anilines is 2. The number of rotatable bonds is 3. The monoisotopic (exact) mass is 176 g/mol. The second-order valence-electron chi connectivity index (χ2n) is 2.43. The van der Waals surface area contributed by atoms with Gasteiger partial charge in [-0.1, -0.05) is 0 Å². The highest BCUT2D eigenvalue weighted by atomic mass is 15.0. The standard InChI is InChI=1S/C9H12N4/c1-2-3-4-5-12-9-7-11-6-8(10)13-9/h6-7H,4-5H2,1H3,(H3,10,12,13). The van der Waals surface area contributed by atoms with E-state index in [1.165, 1.54) is 6.20 Å². The Balaban J connectivity index is 2.39. The number of nitrogens with two attached hydrogens (primary N) is 1. The van der Waals surface area contributed by atoms with E-state index >= 15 is 0 Å². The van der Waals surface area contributed by atoms with Gasteiger partial charge in [0.2, 0.25) is 0 Å². The molecule has 0 aromatic carbocycles. The predicted octanol–water partition coefficient (Wildman–Crippen LogP) is 0.884. The fourth-order valence-electron chi connectivity index (χ4n) is 0.844. The van der Waals surface area contributed by atoms with E-state index in [9.17, 15) is 0 Å². The Morgan fingerprint density at radius 3 is 3.08 bits per heavy atom. The predicted molar refractivity (Wildman–Crippen MR) is 53.0 cm³/mol. The molecule has 0 atom stereocenters. The zero-order chi connectivity index (χ0) is 9.52. The number of hydrogen-bond donors (Lipinski definition) is 2. The van der Waals surface area contributed by atoms with Crippen molar-refractivity contribution in [2.75, 3.05) is 17.6 Å². The molecule has 0 amide bonds. The summed E-state index contributed by atoms with van der Waals surface area (Å²) in [5, 5.41) is 3.06. The summed E-state index contributed by atoms with van der Waals surface area (Å²) in [5.74, 6) is 6.87. The molecule has 1 aromatic rings. The summed E-state index contributed by atoms with van der Waals surface area (Å²) in [6.07, 6.45) is 3.94. The van der Waals surface area contributed by atoms with Gasteiger partial charge in [0.05, 0.1) is 12.4 Å². The van der Waals surface area contributed by atoms with Crippen LogP contribution >= 0.6 is 0 Å². The first-order chi connectivity index (χ1) is 6.33. The second-order valence-corrected chi connectivity index (χ2v) is 2.43. The van der Waals surface area contributed by atoms with E-state index < -0.39 is 0 Å². The molecule has 0 saturated carbocycles. The Hall–Kier alpha value is -1.76. The average Bonchev–Trinajstić information content (AvgIpc) is 2.13. The Bertz CT molecular complexity index is 324. The number of aromatic nitrogens is 2. The Kier molecular flexibility index (Phi) is 3.58. The van der Waals surface area contributed by atoms with Crippen molar-refractivity contribution in [2.24, 2.45) is 0 Å². The summed E-state index contributed by atoms with van der Waals surface area (Å²) in [6.45, 7) is 2.58. The van der Waals surface area contributed by atoms with E-state index in [0.717, 1.165) is 13.0 Å².